The van der Waals surface area contributed by atoms with Crippen molar-refractivity contribution in [2.45, 2.75) is 65.8 Å². The maximum atomic E-state index is 11.7. The summed E-state index contributed by atoms with van der Waals surface area (Å²) >= 11 is 0. The van der Waals surface area contributed by atoms with E-state index in [9.17, 15) is 4.79 Å². The summed E-state index contributed by atoms with van der Waals surface area (Å²) in [6.07, 6.45) is 4.24. The van der Waals surface area contributed by atoms with Gasteiger partial charge in [0.05, 0.1) is 6.54 Å². The second-order valence-electron chi connectivity index (χ2n) is 6.01. The molecule has 1 aromatic rings. The molecule has 1 amide bonds. The van der Waals surface area contributed by atoms with Gasteiger partial charge in [0.1, 0.15) is 11.4 Å². The SMILES string of the molecule is CCC(CNCc1nccn1CC)NC(=O)OC(C)(C)C. The maximum Gasteiger partial charge on any atom is 0.407 e. The first-order valence-corrected chi connectivity index (χ1v) is 7.56. The summed E-state index contributed by atoms with van der Waals surface area (Å²) in [7, 11) is 0. The minimum atomic E-state index is -0.471. The van der Waals surface area contributed by atoms with E-state index in [1.807, 2.05) is 33.9 Å². The molecular formula is C15H28N4O2. The molecule has 0 saturated heterocycles. The third-order valence-corrected chi connectivity index (χ3v) is 3.03. The van der Waals surface area contributed by atoms with Crippen LogP contribution in [0.2, 0.25) is 0 Å². The van der Waals surface area contributed by atoms with E-state index in [2.05, 4.69) is 27.1 Å². The fourth-order valence-electron chi connectivity index (χ4n) is 1.93. The Balaban J connectivity index is 2.36. The molecule has 120 valence electrons. The number of carbonyl (C=O) groups is 1. The van der Waals surface area contributed by atoms with Crippen molar-refractivity contribution >= 4 is 6.09 Å². The number of alkyl carbamates (subject to hydrolysis) is 1. The summed E-state index contributed by atoms with van der Waals surface area (Å²) in [5, 5.41) is 6.21. The number of nitrogens with one attached hydrogen (secondary N) is 2. The van der Waals surface area contributed by atoms with Gasteiger partial charge in [-0.2, -0.15) is 0 Å². The Kier molecular flexibility index (Phi) is 6.68. The van der Waals surface area contributed by atoms with E-state index in [1.54, 1.807) is 6.20 Å². The third-order valence-electron chi connectivity index (χ3n) is 3.03. The predicted octanol–water partition coefficient (Wildman–Crippen LogP) is 2.30. The Morgan fingerprint density at radius 2 is 2.14 bits per heavy atom. The lowest BCUT2D eigenvalue weighted by Crippen LogP contribution is -2.44. The van der Waals surface area contributed by atoms with Gasteiger partial charge in [0.15, 0.2) is 0 Å². The molecule has 6 heteroatoms. The van der Waals surface area contributed by atoms with Crippen LogP contribution in [0.4, 0.5) is 4.79 Å². The second-order valence-corrected chi connectivity index (χ2v) is 6.01. The zero-order valence-electron chi connectivity index (χ0n) is 13.8. The molecule has 0 aromatic carbocycles. The lowest BCUT2D eigenvalue weighted by atomic mass is 10.2. The fourth-order valence-corrected chi connectivity index (χ4v) is 1.93. The first-order chi connectivity index (χ1) is 9.85. The number of ether oxygens (including phenoxy) is 1. The van der Waals surface area contributed by atoms with Crippen LogP contribution in [-0.2, 0) is 17.8 Å². The first kappa shape index (κ1) is 17.5. The Hall–Kier alpha value is -1.56. The van der Waals surface area contributed by atoms with Crippen molar-refractivity contribution < 1.29 is 9.53 Å². The molecule has 1 heterocycles. The molecule has 2 N–H and O–H groups in total. The Labute approximate surface area is 127 Å². The molecule has 0 aliphatic rings. The minimum absolute atomic E-state index is 0.0462. The highest BCUT2D eigenvalue weighted by Crippen LogP contribution is 2.07. The van der Waals surface area contributed by atoms with E-state index in [1.165, 1.54) is 0 Å². The average molecular weight is 296 g/mol. The lowest BCUT2D eigenvalue weighted by molar-refractivity contribution is 0.0502. The highest BCUT2D eigenvalue weighted by atomic mass is 16.6. The monoisotopic (exact) mass is 296 g/mol. The van der Waals surface area contributed by atoms with Gasteiger partial charge in [-0.1, -0.05) is 6.92 Å². The second kappa shape index (κ2) is 8.02. The molecule has 0 spiro atoms. The highest BCUT2D eigenvalue weighted by molar-refractivity contribution is 5.68. The minimum Gasteiger partial charge on any atom is -0.444 e. The summed E-state index contributed by atoms with van der Waals surface area (Å²) in [5.41, 5.74) is -0.471. The van der Waals surface area contributed by atoms with Crippen molar-refractivity contribution in [3.05, 3.63) is 18.2 Å². The van der Waals surface area contributed by atoms with Gasteiger partial charge >= 0.3 is 6.09 Å². The number of amides is 1. The molecule has 0 bridgehead atoms. The van der Waals surface area contributed by atoms with Gasteiger partial charge in [-0.3, -0.25) is 0 Å². The van der Waals surface area contributed by atoms with Crippen LogP contribution in [0.1, 0.15) is 46.9 Å². The van der Waals surface area contributed by atoms with E-state index >= 15 is 0 Å². The average Bonchev–Trinajstić information content (AvgIpc) is 2.82. The van der Waals surface area contributed by atoms with Crippen LogP contribution >= 0.6 is 0 Å². The number of nitrogens with zero attached hydrogens (tertiary/aromatic N) is 2. The number of aromatic nitrogens is 2. The van der Waals surface area contributed by atoms with Crippen molar-refractivity contribution in [1.82, 2.24) is 20.2 Å². The third kappa shape index (κ3) is 6.62. The summed E-state index contributed by atoms with van der Waals surface area (Å²) in [5.74, 6) is 1.00. The van der Waals surface area contributed by atoms with Crippen molar-refractivity contribution in [2.24, 2.45) is 0 Å². The quantitative estimate of drug-likeness (QED) is 0.810. The van der Waals surface area contributed by atoms with Gasteiger partial charge in [-0.15, -0.1) is 0 Å². The number of rotatable bonds is 7. The number of hydrogen-bond acceptors (Lipinski definition) is 4. The zero-order valence-corrected chi connectivity index (χ0v) is 13.8. The molecular weight excluding hydrogens is 268 g/mol. The zero-order chi connectivity index (χ0) is 15.9. The highest BCUT2D eigenvalue weighted by Gasteiger charge is 2.18. The van der Waals surface area contributed by atoms with Crippen LogP contribution in [0.15, 0.2) is 12.4 Å². The predicted molar refractivity (Wildman–Crippen MR) is 83.1 cm³/mol. The maximum absolute atomic E-state index is 11.7. The van der Waals surface area contributed by atoms with Gasteiger partial charge in [-0.25, -0.2) is 9.78 Å². The van der Waals surface area contributed by atoms with E-state index in [0.717, 1.165) is 18.8 Å². The first-order valence-electron chi connectivity index (χ1n) is 7.56. The molecule has 1 rings (SSSR count). The van der Waals surface area contributed by atoms with Gasteiger partial charge in [-0.05, 0) is 34.1 Å². The van der Waals surface area contributed by atoms with Gasteiger partial charge in [0.25, 0.3) is 0 Å². The number of carbonyl (C=O) groups excluding carboxylic acids is 1. The van der Waals surface area contributed by atoms with Crippen LogP contribution in [0.5, 0.6) is 0 Å². The fraction of sp³-hybridized carbons (Fsp3) is 0.733. The van der Waals surface area contributed by atoms with Gasteiger partial charge in [0, 0.05) is 31.5 Å². The topological polar surface area (TPSA) is 68.2 Å². The normalized spacial score (nSPS) is 13.0. The molecule has 0 aliphatic carbocycles. The Morgan fingerprint density at radius 3 is 2.71 bits per heavy atom. The standard InChI is InChI=1S/C15H28N4O2/c1-6-12(18-14(20)21-15(3,4)5)10-16-11-13-17-8-9-19(13)7-2/h8-9,12,16H,6-7,10-11H2,1-5H3,(H,18,20). The molecule has 0 radical (unpaired) electrons. The van der Waals surface area contributed by atoms with Crippen molar-refractivity contribution in [2.75, 3.05) is 6.54 Å². The summed E-state index contributed by atoms with van der Waals surface area (Å²) in [6.45, 7) is 12.0. The lowest BCUT2D eigenvalue weighted by Gasteiger charge is -2.23. The van der Waals surface area contributed by atoms with E-state index in [0.29, 0.717) is 13.1 Å². The smallest absolute Gasteiger partial charge is 0.407 e. The molecule has 0 fully saturated rings. The Bertz CT molecular complexity index is 437. The summed E-state index contributed by atoms with van der Waals surface area (Å²) in [4.78, 5) is 16.1. The Morgan fingerprint density at radius 1 is 1.43 bits per heavy atom. The van der Waals surface area contributed by atoms with Crippen molar-refractivity contribution in [1.29, 1.82) is 0 Å². The molecule has 0 aliphatic heterocycles. The van der Waals surface area contributed by atoms with E-state index in [4.69, 9.17) is 4.74 Å². The number of aryl methyl sites for hydroxylation is 1. The van der Waals surface area contributed by atoms with Crippen LogP contribution in [-0.4, -0.2) is 33.8 Å². The van der Waals surface area contributed by atoms with Crippen LogP contribution in [0.3, 0.4) is 0 Å². The van der Waals surface area contributed by atoms with E-state index in [-0.39, 0.29) is 12.1 Å². The van der Waals surface area contributed by atoms with Crippen LogP contribution < -0.4 is 10.6 Å². The molecule has 1 unspecified atom stereocenters. The van der Waals surface area contributed by atoms with Crippen LogP contribution in [0.25, 0.3) is 0 Å². The van der Waals surface area contributed by atoms with Crippen LogP contribution in [0, 0.1) is 0 Å². The number of imidazole rings is 1. The largest absolute Gasteiger partial charge is 0.444 e. The van der Waals surface area contributed by atoms with Gasteiger partial charge < -0.3 is 19.9 Å². The molecule has 1 aromatic heterocycles. The molecule has 6 nitrogen and oxygen atoms in total. The summed E-state index contributed by atoms with van der Waals surface area (Å²) in [6, 6.07) is 0.0462. The van der Waals surface area contributed by atoms with Crippen molar-refractivity contribution in [3.63, 3.8) is 0 Å². The van der Waals surface area contributed by atoms with E-state index < -0.39 is 5.60 Å². The van der Waals surface area contributed by atoms with Gasteiger partial charge in [0.2, 0.25) is 0 Å². The van der Waals surface area contributed by atoms with Crippen molar-refractivity contribution in [3.8, 4) is 0 Å². The molecule has 1 atom stereocenters. The molecule has 21 heavy (non-hydrogen) atoms. The number of hydrogen-bond donors (Lipinski definition) is 2. The summed E-state index contributed by atoms with van der Waals surface area (Å²) < 4.78 is 7.36. The molecule has 0 saturated carbocycles.